The number of aromatic nitrogens is 1. The van der Waals surface area contributed by atoms with Crippen molar-refractivity contribution in [3.05, 3.63) is 108 Å². The third kappa shape index (κ3) is 4.27. The van der Waals surface area contributed by atoms with Crippen LogP contribution in [0.15, 0.2) is 91.1 Å². The highest BCUT2D eigenvalue weighted by Crippen LogP contribution is 2.23. The van der Waals surface area contributed by atoms with Gasteiger partial charge in [0.2, 0.25) is 0 Å². The lowest BCUT2D eigenvalue weighted by molar-refractivity contribution is 0.0984. The molecule has 0 radical (unpaired) electrons. The first-order chi connectivity index (χ1) is 14.2. The number of ether oxygens (including phenoxy) is 1. The number of carbonyl (C=O) groups is 2. The van der Waals surface area contributed by atoms with E-state index in [9.17, 15) is 9.59 Å². The fraction of sp³-hybridized carbons (Fsp3) is 0.120. The molecule has 1 aromatic heterocycles. The van der Waals surface area contributed by atoms with E-state index in [4.69, 9.17) is 4.74 Å². The minimum Gasteiger partial charge on any atom is -0.444 e. The molecular weight excluding hydrogens is 362 g/mol. The van der Waals surface area contributed by atoms with E-state index in [1.807, 2.05) is 84.9 Å². The van der Waals surface area contributed by atoms with Gasteiger partial charge in [0.1, 0.15) is 6.61 Å². The van der Waals surface area contributed by atoms with E-state index < -0.39 is 6.09 Å². The van der Waals surface area contributed by atoms with Crippen molar-refractivity contribution in [2.45, 2.75) is 19.4 Å². The summed E-state index contributed by atoms with van der Waals surface area (Å²) in [6.07, 6.45) is 2.16. The molecule has 4 heteroatoms. The van der Waals surface area contributed by atoms with Crippen molar-refractivity contribution in [2.75, 3.05) is 0 Å². The number of rotatable bonds is 6. The van der Waals surface area contributed by atoms with Crippen molar-refractivity contribution < 1.29 is 14.3 Å². The highest BCUT2D eigenvalue weighted by atomic mass is 16.5. The third-order valence-electron chi connectivity index (χ3n) is 4.90. The largest absolute Gasteiger partial charge is 0.444 e. The number of para-hydroxylation sites is 1. The molecule has 1 heterocycles. The molecule has 4 nitrogen and oxygen atoms in total. The molecule has 0 aliphatic carbocycles. The monoisotopic (exact) mass is 383 g/mol. The number of ketones is 1. The van der Waals surface area contributed by atoms with Gasteiger partial charge >= 0.3 is 6.09 Å². The predicted molar refractivity (Wildman–Crippen MR) is 113 cm³/mol. The van der Waals surface area contributed by atoms with Crippen LogP contribution in [0.25, 0.3) is 10.9 Å². The van der Waals surface area contributed by atoms with Crippen LogP contribution in [-0.2, 0) is 17.8 Å². The van der Waals surface area contributed by atoms with E-state index in [2.05, 4.69) is 0 Å². The molecule has 29 heavy (non-hydrogen) atoms. The van der Waals surface area contributed by atoms with E-state index >= 15 is 0 Å². The summed E-state index contributed by atoms with van der Waals surface area (Å²) < 4.78 is 6.88. The second-order valence-corrected chi connectivity index (χ2v) is 6.88. The Balaban J connectivity index is 1.54. The van der Waals surface area contributed by atoms with Gasteiger partial charge in [0.15, 0.2) is 5.78 Å². The van der Waals surface area contributed by atoms with Gasteiger partial charge in [0.05, 0.1) is 5.52 Å². The molecule has 0 fully saturated rings. The van der Waals surface area contributed by atoms with Crippen LogP contribution < -0.4 is 0 Å². The molecule has 4 rings (SSSR count). The number of hydrogen-bond acceptors (Lipinski definition) is 3. The molecule has 4 aromatic rings. The van der Waals surface area contributed by atoms with Crippen LogP contribution in [-0.4, -0.2) is 16.4 Å². The fourth-order valence-corrected chi connectivity index (χ4v) is 3.38. The Hall–Kier alpha value is -3.66. The van der Waals surface area contributed by atoms with E-state index in [-0.39, 0.29) is 12.4 Å². The zero-order chi connectivity index (χ0) is 20.1. The predicted octanol–water partition coefficient (Wildman–Crippen LogP) is 5.64. The maximum absolute atomic E-state index is 12.9. The van der Waals surface area contributed by atoms with Gasteiger partial charge in [-0.05, 0) is 23.6 Å². The van der Waals surface area contributed by atoms with Gasteiger partial charge in [0, 0.05) is 23.6 Å². The Morgan fingerprint density at radius 2 is 1.38 bits per heavy atom. The molecule has 0 spiro atoms. The standard InChI is InChI=1S/C25H21NO3/c27-24(16-15-19-9-3-1-4-10-19)22-17-26(23-14-8-7-13-21(22)23)25(28)29-18-20-11-5-2-6-12-20/h1-14,17H,15-16,18H2. The van der Waals surface area contributed by atoms with Crippen LogP contribution >= 0.6 is 0 Å². The van der Waals surface area contributed by atoms with Gasteiger partial charge in [-0.1, -0.05) is 78.9 Å². The topological polar surface area (TPSA) is 48.3 Å². The normalized spacial score (nSPS) is 10.8. The molecule has 0 N–H and O–H groups in total. The summed E-state index contributed by atoms with van der Waals surface area (Å²) in [5.41, 5.74) is 3.25. The van der Waals surface area contributed by atoms with Crippen LogP contribution in [0.4, 0.5) is 4.79 Å². The first-order valence-electron chi connectivity index (χ1n) is 9.60. The zero-order valence-corrected chi connectivity index (χ0v) is 16.0. The number of nitrogens with zero attached hydrogens (tertiary/aromatic N) is 1. The lowest BCUT2D eigenvalue weighted by atomic mass is 10.0. The van der Waals surface area contributed by atoms with Crippen molar-refractivity contribution in [2.24, 2.45) is 0 Å². The van der Waals surface area contributed by atoms with Crippen molar-refractivity contribution >= 4 is 22.8 Å². The molecule has 0 unspecified atom stereocenters. The van der Waals surface area contributed by atoms with Gasteiger partial charge < -0.3 is 4.74 Å². The molecular formula is C25H21NO3. The Labute approximate surface area is 169 Å². The third-order valence-corrected chi connectivity index (χ3v) is 4.90. The smallest absolute Gasteiger partial charge is 0.418 e. The summed E-state index contributed by atoms with van der Waals surface area (Å²) in [7, 11) is 0. The fourth-order valence-electron chi connectivity index (χ4n) is 3.38. The SMILES string of the molecule is O=C(CCc1ccccc1)c1cn(C(=O)OCc2ccccc2)c2ccccc12. The van der Waals surface area contributed by atoms with Crippen LogP contribution in [0.2, 0.25) is 0 Å². The van der Waals surface area contributed by atoms with E-state index in [0.29, 0.717) is 23.9 Å². The molecule has 0 aliphatic heterocycles. The maximum Gasteiger partial charge on any atom is 0.418 e. The number of aryl methyl sites for hydroxylation is 1. The quantitative estimate of drug-likeness (QED) is 0.405. The van der Waals surface area contributed by atoms with Crippen molar-refractivity contribution in [3.8, 4) is 0 Å². The number of hydrogen-bond donors (Lipinski definition) is 0. The maximum atomic E-state index is 12.9. The lowest BCUT2D eigenvalue weighted by Crippen LogP contribution is -2.12. The summed E-state index contributed by atoms with van der Waals surface area (Å²) in [5, 5.41) is 0.766. The first-order valence-corrected chi connectivity index (χ1v) is 9.60. The van der Waals surface area contributed by atoms with Gasteiger partial charge in [-0.2, -0.15) is 0 Å². The Bertz CT molecular complexity index is 1040. The second-order valence-electron chi connectivity index (χ2n) is 6.88. The zero-order valence-electron chi connectivity index (χ0n) is 16.0. The van der Waals surface area contributed by atoms with Crippen molar-refractivity contribution in [1.29, 1.82) is 0 Å². The molecule has 144 valence electrons. The summed E-state index contributed by atoms with van der Waals surface area (Å²) in [5.74, 6) is 0.0136. The molecule has 0 amide bonds. The number of fused-ring (bicyclic) bond motifs is 1. The second kappa shape index (κ2) is 8.57. The molecule has 0 saturated carbocycles. The van der Waals surface area contributed by atoms with Crippen LogP contribution in [0, 0.1) is 0 Å². The Morgan fingerprint density at radius 1 is 0.759 bits per heavy atom. The van der Waals surface area contributed by atoms with Crippen molar-refractivity contribution in [3.63, 3.8) is 0 Å². The molecule has 0 aliphatic rings. The first kappa shape index (κ1) is 18.7. The Kier molecular flexibility index (Phi) is 5.52. The van der Waals surface area contributed by atoms with Crippen LogP contribution in [0.3, 0.4) is 0 Å². The van der Waals surface area contributed by atoms with Gasteiger partial charge in [-0.15, -0.1) is 0 Å². The summed E-state index contributed by atoms with van der Waals surface area (Å²) in [6.45, 7) is 0.184. The molecule has 0 saturated heterocycles. The molecule has 0 atom stereocenters. The molecule has 3 aromatic carbocycles. The summed E-state index contributed by atoms with van der Waals surface area (Å²) >= 11 is 0. The van der Waals surface area contributed by atoms with Crippen molar-refractivity contribution in [1.82, 2.24) is 4.57 Å². The van der Waals surface area contributed by atoms with E-state index in [1.54, 1.807) is 6.20 Å². The van der Waals surface area contributed by atoms with Gasteiger partial charge in [-0.3, -0.25) is 9.36 Å². The minimum absolute atomic E-state index is 0.0136. The molecule has 0 bridgehead atoms. The Morgan fingerprint density at radius 3 is 2.10 bits per heavy atom. The average Bonchev–Trinajstić information content (AvgIpc) is 3.17. The van der Waals surface area contributed by atoms with E-state index in [0.717, 1.165) is 16.5 Å². The summed E-state index contributed by atoms with van der Waals surface area (Å²) in [6, 6.07) is 26.8. The van der Waals surface area contributed by atoms with Gasteiger partial charge in [0.25, 0.3) is 0 Å². The number of benzene rings is 3. The van der Waals surface area contributed by atoms with Gasteiger partial charge in [-0.25, -0.2) is 4.79 Å². The number of carbonyl (C=O) groups excluding carboxylic acids is 2. The van der Waals surface area contributed by atoms with Crippen LogP contribution in [0.5, 0.6) is 0 Å². The minimum atomic E-state index is -0.493. The highest BCUT2D eigenvalue weighted by molar-refractivity contribution is 6.09. The highest BCUT2D eigenvalue weighted by Gasteiger charge is 2.19. The average molecular weight is 383 g/mol. The van der Waals surface area contributed by atoms with E-state index in [1.165, 1.54) is 4.57 Å². The lowest BCUT2D eigenvalue weighted by Gasteiger charge is -2.06. The number of Topliss-reactive ketones (excluding diaryl/α,β-unsaturated/α-hetero) is 1. The van der Waals surface area contributed by atoms with Crippen LogP contribution in [0.1, 0.15) is 27.9 Å². The summed E-state index contributed by atoms with van der Waals surface area (Å²) in [4.78, 5) is 25.6.